The Morgan fingerprint density at radius 1 is 1.03 bits per heavy atom. The van der Waals surface area contributed by atoms with Gasteiger partial charge in [-0.15, -0.1) is 0 Å². The van der Waals surface area contributed by atoms with E-state index >= 15 is 0 Å². The number of anilines is 1. The number of hydrogen-bond donors (Lipinski definition) is 1. The van der Waals surface area contributed by atoms with Gasteiger partial charge in [-0.1, -0.05) is 67.4 Å². The van der Waals surface area contributed by atoms with E-state index in [0.717, 1.165) is 22.8 Å². The van der Waals surface area contributed by atoms with E-state index in [1.54, 1.807) is 12.3 Å². The molecule has 1 N–H and O–H groups in total. The lowest BCUT2D eigenvalue weighted by Crippen LogP contribution is -2.34. The molecule has 0 bridgehead atoms. The average molecular weight is 528 g/mol. The molecule has 0 radical (unpaired) electrons. The fraction of sp³-hybridized carbons (Fsp3) is 0.333. The molecule has 5 rings (SSSR count). The molecule has 1 aromatic carbocycles. The van der Waals surface area contributed by atoms with E-state index in [1.165, 1.54) is 43.9 Å². The number of pyridine rings is 1. The van der Waals surface area contributed by atoms with Crippen LogP contribution in [-0.4, -0.2) is 40.5 Å². The van der Waals surface area contributed by atoms with Gasteiger partial charge in [-0.2, -0.15) is 0 Å². The molecule has 8 heteroatoms. The number of benzene rings is 1. The zero-order valence-electron chi connectivity index (χ0n) is 21.7. The van der Waals surface area contributed by atoms with Crippen LogP contribution in [0.5, 0.6) is 0 Å². The van der Waals surface area contributed by atoms with E-state index in [0.29, 0.717) is 41.4 Å². The number of amides is 1. The number of nitrogens with one attached hydrogen (secondary N) is 1. The quantitative estimate of drug-likeness (QED) is 0.195. The molecule has 4 aromatic rings. The molecule has 7 nitrogen and oxygen atoms in total. The van der Waals surface area contributed by atoms with Gasteiger partial charge in [0.25, 0.3) is 5.91 Å². The van der Waals surface area contributed by atoms with Crippen LogP contribution < -0.4 is 10.2 Å². The van der Waals surface area contributed by atoms with Crippen LogP contribution in [-0.2, 0) is 12.2 Å². The van der Waals surface area contributed by atoms with Crippen molar-refractivity contribution in [2.45, 2.75) is 55.5 Å². The summed E-state index contributed by atoms with van der Waals surface area (Å²) >= 11 is 1.52. The highest BCUT2D eigenvalue weighted by atomic mass is 32.2. The number of furan rings is 1. The van der Waals surface area contributed by atoms with Gasteiger partial charge in [0.05, 0.1) is 11.4 Å². The Morgan fingerprint density at radius 2 is 1.84 bits per heavy atom. The Labute approximate surface area is 228 Å². The topological polar surface area (TPSA) is 84.2 Å². The van der Waals surface area contributed by atoms with Gasteiger partial charge in [-0.25, -0.2) is 9.97 Å². The number of carbonyl (C=O) groups excluding carboxylic acids is 1. The molecule has 0 aliphatic heterocycles. The first-order valence-corrected chi connectivity index (χ1v) is 14.2. The van der Waals surface area contributed by atoms with Gasteiger partial charge >= 0.3 is 0 Å². The summed E-state index contributed by atoms with van der Waals surface area (Å²) in [5.41, 5.74) is 2.92. The third-order valence-electron chi connectivity index (χ3n) is 6.87. The molecule has 0 saturated heterocycles. The molecule has 1 aliphatic rings. The average Bonchev–Trinajstić information content (AvgIpc) is 3.46. The lowest BCUT2D eigenvalue weighted by atomic mass is 9.94. The van der Waals surface area contributed by atoms with E-state index in [1.807, 2.05) is 42.5 Å². The third kappa shape index (κ3) is 6.81. The SMILES string of the molecule is CN(c1cc(-c2ccccc2)nc(SCc2ccc(C(=O)NCCc3ccccn3)o2)n1)C1CCCCC1. The number of aromatic nitrogens is 3. The van der Waals surface area contributed by atoms with Crippen molar-refractivity contribution in [1.82, 2.24) is 20.3 Å². The number of thioether (sulfide) groups is 1. The molecule has 3 heterocycles. The second-order valence-corrected chi connectivity index (χ2v) is 10.5. The van der Waals surface area contributed by atoms with Gasteiger partial charge in [0, 0.05) is 49.6 Å². The minimum absolute atomic E-state index is 0.226. The second-order valence-electron chi connectivity index (χ2n) is 9.54. The zero-order chi connectivity index (χ0) is 26.2. The van der Waals surface area contributed by atoms with Crippen molar-refractivity contribution < 1.29 is 9.21 Å². The van der Waals surface area contributed by atoms with E-state index in [2.05, 4.69) is 40.4 Å². The summed E-state index contributed by atoms with van der Waals surface area (Å²) in [4.78, 5) is 28.9. The highest BCUT2D eigenvalue weighted by Crippen LogP contribution is 2.30. The maximum atomic E-state index is 12.5. The molecule has 1 saturated carbocycles. The van der Waals surface area contributed by atoms with Gasteiger partial charge in [-0.3, -0.25) is 9.78 Å². The molecular formula is C30H33N5O2S. The smallest absolute Gasteiger partial charge is 0.287 e. The van der Waals surface area contributed by atoms with Crippen LogP contribution >= 0.6 is 11.8 Å². The molecule has 196 valence electrons. The van der Waals surface area contributed by atoms with E-state index in [-0.39, 0.29) is 5.91 Å². The van der Waals surface area contributed by atoms with E-state index in [4.69, 9.17) is 14.4 Å². The first kappa shape index (κ1) is 26.0. The summed E-state index contributed by atoms with van der Waals surface area (Å²) in [6.45, 7) is 0.498. The molecular weight excluding hydrogens is 494 g/mol. The van der Waals surface area contributed by atoms with Crippen LogP contribution in [0, 0.1) is 0 Å². The van der Waals surface area contributed by atoms with Gasteiger partial charge in [0.15, 0.2) is 10.9 Å². The van der Waals surface area contributed by atoms with E-state index < -0.39 is 0 Å². The summed E-state index contributed by atoms with van der Waals surface area (Å²) in [6, 6.07) is 22.1. The van der Waals surface area contributed by atoms with Crippen molar-refractivity contribution >= 4 is 23.5 Å². The molecule has 1 fully saturated rings. The van der Waals surface area contributed by atoms with Gasteiger partial charge in [0.2, 0.25) is 0 Å². The largest absolute Gasteiger partial charge is 0.455 e. The highest BCUT2D eigenvalue weighted by molar-refractivity contribution is 7.98. The Balaban J connectivity index is 1.25. The summed E-state index contributed by atoms with van der Waals surface area (Å²) < 4.78 is 5.84. The fourth-order valence-electron chi connectivity index (χ4n) is 4.72. The Bertz CT molecular complexity index is 1320. The molecule has 1 aliphatic carbocycles. The predicted molar refractivity (Wildman–Crippen MR) is 151 cm³/mol. The maximum Gasteiger partial charge on any atom is 0.287 e. The molecule has 0 spiro atoms. The number of hydrogen-bond acceptors (Lipinski definition) is 7. The summed E-state index contributed by atoms with van der Waals surface area (Å²) in [5, 5.41) is 3.60. The van der Waals surface area contributed by atoms with Crippen LogP contribution in [0.3, 0.4) is 0 Å². The normalized spacial score (nSPS) is 13.8. The standard InChI is InChI=1S/C30H33N5O2S/c1-35(24-13-6-3-7-14-24)28-20-26(22-10-4-2-5-11-22)33-30(34-28)38-21-25-15-16-27(37-25)29(36)32-19-17-23-12-8-9-18-31-23/h2,4-5,8-12,15-16,18,20,24H,3,6-7,13-14,17,19,21H2,1H3,(H,32,36). The van der Waals surface area contributed by atoms with Crippen molar-refractivity contribution in [3.8, 4) is 11.3 Å². The highest BCUT2D eigenvalue weighted by Gasteiger charge is 2.21. The molecule has 0 unspecified atom stereocenters. The third-order valence-corrected chi connectivity index (χ3v) is 7.74. The maximum absolute atomic E-state index is 12.5. The molecule has 3 aromatic heterocycles. The number of rotatable bonds is 10. The number of carbonyl (C=O) groups is 1. The van der Waals surface area contributed by atoms with Crippen molar-refractivity contribution in [2.75, 3.05) is 18.5 Å². The lowest BCUT2D eigenvalue weighted by molar-refractivity contribution is 0.0925. The van der Waals surface area contributed by atoms with Crippen LogP contribution in [0.1, 0.15) is 54.1 Å². The minimum atomic E-state index is -0.226. The Hall–Kier alpha value is -3.65. The Morgan fingerprint density at radius 3 is 2.63 bits per heavy atom. The first-order chi connectivity index (χ1) is 18.7. The molecule has 0 atom stereocenters. The summed E-state index contributed by atoms with van der Waals surface area (Å²) in [7, 11) is 2.15. The van der Waals surface area contributed by atoms with Crippen molar-refractivity contribution in [3.63, 3.8) is 0 Å². The van der Waals surface area contributed by atoms with Crippen molar-refractivity contribution in [2.24, 2.45) is 0 Å². The molecule has 1 amide bonds. The van der Waals surface area contributed by atoms with Gasteiger partial charge in [0.1, 0.15) is 11.6 Å². The first-order valence-electron chi connectivity index (χ1n) is 13.2. The van der Waals surface area contributed by atoms with Gasteiger partial charge < -0.3 is 14.6 Å². The predicted octanol–water partition coefficient (Wildman–Crippen LogP) is 6.17. The fourth-order valence-corrected chi connectivity index (χ4v) is 5.47. The monoisotopic (exact) mass is 527 g/mol. The Kier molecular flexibility index (Phi) is 8.71. The van der Waals surface area contributed by atoms with Crippen LogP contribution in [0.15, 0.2) is 82.5 Å². The summed E-state index contributed by atoms with van der Waals surface area (Å²) in [6.07, 6.45) is 8.67. The van der Waals surface area contributed by atoms with Crippen LogP contribution in [0.2, 0.25) is 0 Å². The molecule has 38 heavy (non-hydrogen) atoms. The van der Waals surface area contributed by atoms with E-state index in [9.17, 15) is 4.79 Å². The zero-order valence-corrected chi connectivity index (χ0v) is 22.5. The van der Waals surface area contributed by atoms with Crippen molar-refractivity contribution in [1.29, 1.82) is 0 Å². The van der Waals surface area contributed by atoms with Crippen molar-refractivity contribution in [3.05, 3.63) is 90.1 Å². The van der Waals surface area contributed by atoms with Gasteiger partial charge in [-0.05, 0) is 37.1 Å². The van der Waals surface area contributed by atoms with Crippen LogP contribution in [0.25, 0.3) is 11.3 Å². The lowest BCUT2D eigenvalue weighted by Gasteiger charge is -2.32. The minimum Gasteiger partial charge on any atom is -0.455 e. The number of nitrogens with zero attached hydrogens (tertiary/aromatic N) is 4. The summed E-state index contributed by atoms with van der Waals surface area (Å²) in [5.74, 6) is 2.27. The van der Waals surface area contributed by atoms with Crippen LogP contribution in [0.4, 0.5) is 5.82 Å². The second kappa shape index (κ2) is 12.7.